The van der Waals surface area contributed by atoms with Crippen molar-refractivity contribution < 1.29 is 23.6 Å². The summed E-state index contributed by atoms with van der Waals surface area (Å²) in [5.41, 5.74) is 0.470. The number of carbonyl (C=O) groups is 2. The number of amides is 1. The average molecular weight is 415 g/mol. The van der Waals surface area contributed by atoms with Crippen molar-refractivity contribution in [2.75, 3.05) is 4.90 Å². The molecule has 3 aromatic rings. The first-order valence-corrected chi connectivity index (χ1v) is 9.16. The third-order valence-electron chi connectivity index (χ3n) is 3.80. The second-order valence-electron chi connectivity index (χ2n) is 5.81. The van der Waals surface area contributed by atoms with Crippen molar-refractivity contribution >= 4 is 39.7 Å². The number of rotatable bonds is 6. The Balaban J connectivity index is 1.71. The maximum absolute atomic E-state index is 14.1. The van der Waals surface area contributed by atoms with Crippen LogP contribution in [0.25, 0.3) is 0 Å². The summed E-state index contributed by atoms with van der Waals surface area (Å²) in [7, 11) is 0. The highest BCUT2D eigenvalue weighted by Gasteiger charge is 2.21. The molecule has 0 aliphatic rings. The Bertz CT molecular complexity index is 1070. The first kappa shape index (κ1) is 20.1. The number of ether oxygens (including phenoxy) is 1. The van der Waals surface area contributed by atoms with E-state index < -0.39 is 22.6 Å². The van der Waals surface area contributed by atoms with Crippen molar-refractivity contribution in [3.8, 4) is 0 Å². The van der Waals surface area contributed by atoms with Crippen LogP contribution in [0.5, 0.6) is 0 Å². The van der Waals surface area contributed by atoms with Crippen molar-refractivity contribution in [2.45, 2.75) is 13.5 Å². The number of nitrogens with zero attached hydrogens (tertiary/aromatic N) is 3. The molecular formula is C19H14FN3O5S. The number of aromatic nitrogens is 1. The Hall–Kier alpha value is -3.66. The molecule has 0 bridgehead atoms. The van der Waals surface area contributed by atoms with Crippen LogP contribution in [0.1, 0.15) is 23.0 Å². The topological polar surface area (TPSA) is 103 Å². The van der Waals surface area contributed by atoms with E-state index in [9.17, 15) is 24.1 Å². The molecule has 148 valence electrons. The van der Waals surface area contributed by atoms with Gasteiger partial charge in [0, 0.05) is 24.4 Å². The number of para-hydroxylation sites is 1. The van der Waals surface area contributed by atoms with Crippen molar-refractivity contribution in [2.24, 2.45) is 0 Å². The lowest BCUT2D eigenvalue weighted by Crippen LogP contribution is -2.23. The Morgan fingerprint density at radius 1 is 1.21 bits per heavy atom. The van der Waals surface area contributed by atoms with Crippen molar-refractivity contribution in [3.05, 3.63) is 81.1 Å². The predicted octanol–water partition coefficient (Wildman–Crippen LogP) is 4.23. The highest BCUT2D eigenvalue weighted by Crippen LogP contribution is 2.30. The Morgan fingerprint density at radius 2 is 1.90 bits per heavy atom. The Kier molecular flexibility index (Phi) is 5.93. The molecule has 2 aromatic carbocycles. The number of thiazole rings is 1. The highest BCUT2D eigenvalue weighted by atomic mass is 32.1. The molecule has 0 N–H and O–H groups in total. The largest absolute Gasteiger partial charge is 0.456 e. The summed E-state index contributed by atoms with van der Waals surface area (Å²) in [6.07, 6.45) is 0. The first-order valence-electron chi connectivity index (χ1n) is 8.28. The van der Waals surface area contributed by atoms with Gasteiger partial charge in [-0.1, -0.05) is 12.1 Å². The number of carbonyl (C=O) groups excluding carboxylic acids is 2. The zero-order valence-corrected chi connectivity index (χ0v) is 15.9. The monoisotopic (exact) mass is 415 g/mol. The van der Waals surface area contributed by atoms with Gasteiger partial charge in [0.2, 0.25) is 5.91 Å². The average Bonchev–Trinajstić information content (AvgIpc) is 3.16. The van der Waals surface area contributed by atoms with Crippen LogP contribution in [0.15, 0.2) is 53.9 Å². The Labute approximate surface area is 168 Å². The van der Waals surface area contributed by atoms with E-state index in [1.165, 1.54) is 49.4 Å². The molecule has 0 aliphatic carbocycles. The fourth-order valence-electron chi connectivity index (χ4n) is 2.45. The number of benzene rings is 2. The minimum atomic E-state index is -0.674. The van der Waals surface area contributed by atoms with E-state index in [0.29, 0.717) is 5.69 Å². The highest BCUT2D eigenvalue weighted by molar-refractivity contribution is 7.14. The number of halogens is 1. The van der Waals surface area contributed by atoms with Crippen LogP contribution in [0.4, 0.5) is 20.9 Å². The van der Waals surface area contributed by atoms with Crippen molar-refractivity contribution in [3.63, 3.8) is 0 Å². The van der Waals surface area contributed by atoms with Gasteiger partial charge in [-0.3, -0.25) is 19.8 Å². The minimum Gasteiger partial charge on any atom is -0.456 e. The smallest absolute Gasteiger partial charge is 0.338 e. The lowest BCUT2D eigenvalue weighted by atomic mass is 10.2. The molecule has 0 unspecified atom stereocenters. The van der Waals surface area contributed by atoms with E-state index >= 15 is 0 Å². The number of nitro benzene ring substituents is 1. The number of esters is 1. The third kappa shape index (κ3) is 4.61. The summed E-state index contributed by atoms with van der Waals surface area (Å²) < 4.78 is 19.2. The van der Waals surface area contributed by atoms with Crippen LogP contribution >= 0.6 is 11.3 Å². The van der Waals surface area contributed by atoms with E-state index in [1.54, 1.807) is 11.4 Å². The molecule has 10 heteroatoms. The van der Waals surface area contributed by atoms with Crippen molar-refractivity contribution in [1.82, 2.24) is 4.98 Å². The standard InChI is InChI=1S/C19H14FN3O5S/c1-12(24)22(17-5-3-2-4-16(17)20)19-21-14(11-29-19)10-28-18(25)13-6-8-15(9-7-13)23(26)27/h2-9,11H,10H2,1H3. The van der Waals surface area contributed by atoms with Gasteiger partial charge in [0.05, 0.1) is 21.9 Å². The van der Waals surface area contributed by atoms with Gasteiger partial charge in [-0.25, -0.2) is 14.2 Å². The number of hydrogen-bond acceptors (Lipinski definition) is 7. The molecule has 1 aromatic heterocycles. The molecule has 3 rings (SSSR count). The normalized spacial score (nSPS) is 10.4. The fourth-order valence-corrected chi connectivity index (χ4v) is 3.31. The molecule has 0 fully saturated rings. The Morgan fingerprint density at radius 3 is 2.52 bits per heavy atom. The second-order valence-corrected chi connectivity index (χ2v) is 6.64. The molecule has 0 radical (unpaired) electrons. The molecule has 8 nitrogen and oxygen atoms in total. The lowest BCUT2D eigenvalue weighted by Gasteiger charge is -2.18. The van der Waals surface area contributed by atoms with Gasteiger partial charge in [0.1, 0.15) is 12.4 Å². The van der Waals surface area contributed by atoms with E-state index in [1.807, 2.05) is 0 Å². The van der Waals surface area contributed by atoms with E-state index in [-0.39, 0.29) is 28.7 Å². The van der Waals surface area contributed by atoms with Gasteiger partial charge in [0.15, 0.2) is 5.13 Å². The summed E-state index contributed by atoms with van der Waals surface area (Å²) in [5, 5.41) is 12.5. The SMILES string of the molecule is CC(=O)N(c1nc(COC(=O)c2ccc([N+](=O)[O-])cc2)cs1)c1ccccc1F. The third-order valence-corrected chi connectivity index (χ3v) is 4.68. The zero-order chi connectivity index (χ0) is 21.0. The maximum Gasteiger partial charge on any atom is 0.338 e. The van der Waals surface area contributed by atoms with Crippen LogP contribution in [-0.4, -0.2) is 21.8 Å². The number of non-ortho nitro benzene ring substituents is 1. The molecule has 0 spiro atoms. The molecule has 1 amide bonds. The summed E-state index contributed by atoms with van der Waals surface area (Å²) in [4.78, 5) is 39.6. The molecule has 0 atom stereocenters. The quantitative estimate of drug-likeness (QED) is 0.339. The second kappa shape index (κ2) is 8.57. The van der Waals surface area contributed by atoms with Gasteiger partial charge in [-0.05, 0) is 24.3 Å². The first-order chi connectivity index (χ1) is 13.9. The number of hydrogen-bond donors (Lipinski definition) is 0. The fraction of sp³-hybridized carbons (Fsp3) is 0.105. The van der Waals surface area contributed by atoms with Crippen LogP contribution < -0.4 is 4.90 Å². The van der Waals surface area contributed by atoms with Gasteiger partial charge in [-0.15, -0.1) is 11.3 Å². The van der Waals surface area contributed by atoms with Crippen molar-refractivity contribution in [1.29, 1.82) is 0 Å². The summed E-state index contributed by atoms with van der Waals surface area (Å²) in [6.45, 7) is 1.12. The van der Waals surface area contributed by atoms with Crippen LogP contribution in [-0.2, 0) is 16.1 Å². The van der Waals surface area contributed by atoms with Gasteiger partial charge >= 0.3 is 5.97 Å². The van der Waals surface area contributed by atoms with Gasteiger partial charge < -0.3 is 4.74 Å². The maximum atomic E-state index is 14.1. The lowest BCUT2D eigenvalue weighted by molar-refractivity contribution is -0.384. The van der Waals surface area contributed by atoms with E-state index in [2.05, 4.69) is 4.98 Å². The van der Waals surface area contributed by atoms with Crippen LogP contribution in [0, 0.1) is 15.9 Å². The molecule has 29 heavy (non-hydrogen) atoms. The predicted molar refractivity (Wildman–Crippen MR) is 104 cm³/mol. The number of anilines is 2. The minimum absolute atomic E-state index is 0.0729. The summed E-state index contributed by atoms with van der Waals surface area (Å²) >= 11 is 1.10. The van der Waals surface area contributed by atoms with Gasteiger partial charge in [-0.2, -0.15) is 0 Å². The molecule has 0 saturated heterocycles. The van der Waals surface area contributed by atoms with Gasteiger partial charge in [0.25, 0.3) is 5.69 Å². The van der Waals surface area contributed by atoms with E-state index in [4.69, 9.17) is 4.74 Å². The summed E-state index contributed by atoms with van der Waals surface area (Å²) in [6, 6.07) is 10.8. The zero-order valence-electron chi connectivity index (χ0n) is 15.1. The molecule has 0 saturated carbocycles. The molecular weight excluding hydrogens is 401 g/mol. The molecule has 0 aliphatic heterocycles. The number of nitro groups is 1. The summed E-state index contributed by atoms with van der Waals surface area (Å²) in [5.74, 6) is -1.66. The van der Waals surface area contributed by atoms with Crippen LogP contribution in [0.3, 0.4) is 0 Å². The van der Waals surface area contributed by atoms with Crippen LogP contribution in [0.2, 0.25) is 0 Å². The van der Waals surface area contributed by atoms with E-state index in [0.717, 1.165) is 16.2 Å². The molecule has 1 heterocycles.